The molecule has 4 amide bonds. The van der Waals surface area contributed by atoms with Crippen LogP contribution in [0.2, 0.25) is 0 Å². The first-order valence-electron chi connectivity index (χ1n) is 9.65. The van der Waals surface area contributed by atoms with Crippen LogP contribution in [0.25, 0.3) is 0 Å². The van der Waals surface area contributed by atoms with E-state index in [1.54, 1.807) is 45.0 Å². The van der Waals surface area contributed by atoms with Crippen molar-refractivity contribution in [3.63, 3.8) is 0 Å². The monoisotopic (exact) mass is 404 g/mol. The number of carboxylic acids is 1. The number of carbonyl (C=O) groups excluding carboxylic acids is 3. The van der Waals surface area contributed by atoms with Crippen LogP contribution in [-0.4, -0.2) is 47.5 Å². The minimum absolute atomic E-state index is 0.181. The molecule has 2 rings (SSSR count). The van der Waals surface area contributed by atoms with E-state index in [9.17, 15) is 24.3 Å². The molecule has 0 saturated carbocycles. The van der Waals surface area contributed by atoms with Crippen LogP contribution in [0, 0.1) is 11.8 Å². The van der Waals surface area contributed by atoms with Crippen molar-refractivity contribution in [2.45, 2.75) is 46.2 Å². The van der Waals surface area contributed by atoms with Gasteiger partial charge in [0, 0.05) is 0 Å². The smallest absolute Gasteiger partial charge is 0.326 e. The Balaban J connectivity index is 2.18. The molecule has 4 N–H and O–H groups in total. The number of fused-ring (bicyclic) bond motifs is 1. The molecule has 0 saturated heterocycles. The van der Waals surface area contributed by atoms with Gasteiger partial charge in [-0.3, -0.25) is 14.5 Å². The van der Waals surface area contributed by atoms with Crippen molar-refractivity contribution >= 4 is 35.2 Å². The molecule has 0 bridgehead atoms. The van der Waals surface area contributed by atoms with Gasteiger partial charge in [0.15, 0.2) is 0 Å². The van der Waals surface area contributed by atoms with E-state index < -0.39 is 30.0 Å². The topological polar surface area (TPSA) is 128 Å². The molecule has 1 heterocycles. The Morgan fingerprint density at radius 1 is 1.14 bits per heavy atom. The number of carboxylic acid groups (broad SMARTS) is 1. The van der Waals surface area contributed by atoms with Crippen molar-refractivity contribution in [3.05, 3.63) is 24.3 Å². The number of hydrogen-bond acceptors (Lipinski definition) is 4. The van der Waals surface area contributed by atoms with E-state index in [-0.39, 0.29) is 24.3 Å². The van der Waals surface area contributed by atoms with E-state index in [1.807, 2.05) is 6.92 Å². The highest BCUT2D eigenvalue weighted by Gasteiger charge is 2.33. The van der Waals surface area contributed by atoms with Crippen LogP contribution in [0.1, 0.15) is 34.1 Å². The third-order valence-electron chi connectivity index (χ3n) is 5.02. The second-order valence-corrected chi connectivity index (χ2v) is 7.53. The van der Waals surface area contributed by atoms with E-state index in [0.717, 1.165) is 0 Å². The van der Waals surface area contributed by atoms with Crippen LogP contribution in [0.5, 0.6) is 0 Å². The molecule has 0 spiro atoms. The van der Waals surface area contributed by atoms with Crippen molar-refractivity contribution in [1.29, 1.82) is 0 Å². The molecule has 0 fully saturated rings. The molecule has 0 aliphatic carbocycles. The number of amides is 4. The van der Waals surface area contributed by atoms with Gasteiger partial charge in [-0.1, -0.05) is 46.2 Å². The first-order chi connectivity index (χ1) is 13.6. The first-order valence-corrected chi connectivity index (χ1v) is 9.65. The maximum absolute atomic E-state index is 12.9. The highest BCUT2D eigenvalue weighted by molar-refractivity contribution is 6.10. The Bertz CT molecular complexity index is 795. The van der Waals surface area contributed by atoms with Crippen molar-refractivity contribution in [2.75, 3.05) is 16.8 Å². The van der Waals surface area contributed by atoms with Crippen molar-refractivity contribution in [1.82, 2.24) is 10.6 Å². The number of urea groups is 1. The zero-order chi connectivity index (χ0) is 21.7. The number of carbonyl (C=O) groups is 4. The highest BCUT2D eigenvalue weighted by atomic mass is 16.4. The maximum atomic E-state index is 12.9. The molecule has 1 aliphatic heterocycles. The second-order valence-electron chi connectivity index (χ2n) is 7.53. The number of hydrogen-bond donors (Lipinski definition) is 4. The molecule has 3 unspecified atom stereocenters. The zero-order valence-corrected chi connectivity index (χ0v) is 17.1. The zero-order valence-electron chi connectivity index (χ0n) is 17.1. The van der Waals surface area contributed by atoms with Crippen LogP contribution in [0.3, 0.4) is 0 Å². The van der Waals surface area contributed by atoms with Gasteiger partial charge in [0.25, 0.3) is 0 Å². The van der Waals surface area contributed by atoms with E-state index in [1.165, 1.54) is 4.90 Å². The summed E-state index contributed by atoms with van der Waals surface area (Å²) < 4.78 is 0. The minimum Gasteiger partial charge on any atom is -0.480 e. The van der Waals surface area contributed by atoms with E-state index in [0.29, 0.717) is 17.8 Å². The number of aliphatic carboxylic acids is 1. The molecule has 9 heteroatoms. The average Bonchev–Trinajstić information content (AvgIpc) is 2.67. The van der Waals surface area contributed by atoms with Crippen LogP contribution in [0.4, 0.5) is 16.2 Å². The van der Waals surface area contributed by atoms with E-state index >= 15 is 0 Å². The number of nitrogens with one attached hydrogen (secondary N) is 3. The molecule has 9 nitrogen and oxygen atoms in total. The largest absolute Gasteiger partial charge is 0.480 e. The van der Waals surface area contributed by atoms with Crippen LogP contribution in [0.15, 0.2) is 24.3 Å². The Labute approximate surface area is 169 Å². The summed E-state index contributed by atoms with van der Waals surface area (Å²) in [5, 5.41) is 17.3. The van der Waals surface area contributed by atoms with Gasteiger partial charge >= 0.3 is 12.0 Å². The van der Waals surface area contributed by atoms with Gasteiger partial charge in [-0.15, -0.1) is 0 Å². The lowest BCUT2D eigenvalue weighted by Crippen LogP contribution is -2.58. The Morgan fingerprint density at radius 2 is 1.79 bits per heavy atom. The number of nitrogens with zero attached hydrogens (tertiary/aromatic N) is 1. The second kappa shape index (κ2) is 9.40. The van der Waals surface area contributed by atoms with E-state index in [2.05, 4.69) is 16.0 Å². The van der Waals surface area contributed by atoms with Crippen LogP contribution in [-0.2, 0) is 14.4 Å². The van der Waals surface area contributed by atoms with Gasteiger partial charge in [-0.05, 0) is 24.0 Å². The summed E-state index contributed by atoms with van der Waals surface area (Å²) in [5.41, 5.74) is 1.03. The summed E-state index contributed by atoms with van der Waals surface area (Å²) in [4.78, 5) is 50.4. The molecule has 0 radical (unpaired) electrons. The minimum atomic E-state index is -1.12. The summed E-state index contributed by atoms with van der Waals surface area (Å²) in [6, 6.07) is 4.26. The average molecular weight is 404 g/mol. The maximum Gasteiger partial charge on any atom is 0.326 e. The third-order valence-corrected chi connectivity index (χ3v) is 5.02. The highest BCUT2D eigenvalue weighted by Crippen LogP contribution is 2.28. The molecule has 158 valence electrons. The summed E-state index contributed by atoms with van der Waals surface area (Å²) in [6.07, 6.45) is 0.579. The van der Waals surface area contributed by atoms with Gasteiger partial charge in [-0.25, -0.2) is 9.59 Å². The Morgan fingerprint density at radius 3 is 2.38 bits per heavy atom. The molecular weight excluding hydrogens is 376 g/mol. The number of benzene rings is 1. The summed E-state index contributed by atoms with van der Waals surface area (Å²) >= 11 is 0. The quantitative estimate of drug-likeness (QED) is 0.551. The lowest BCUT2D eigenvalue weighted by molar-refractivity contribution is -0.143. The molecule has 1 aliphatic rings. The molecule has 1 aromatic carbocycles. The van der Waals surface area contributed by atoms with Gasteiger partial charge in [0.1, 0.15) is 18.6 Å². The lowest BCUT2D eigenvalue weighted by atomic mass is 9.97. The standard InChI is InChI=1S/C20H28N4O5/c1-5-12(4)17(19(27)28)22-18(26)16(11(2)3)23-20(29)24-10-15(25)21-13-8-6-7-9-14(13)24/h6-9,11-12,16-17H,5,10H2,1-4H3,(H,21,25)(H,22,26)(H,23,29)(H,27,28). The molecule has 1 aromatic rings. The fourth-order valence-electron chi connectivity index (χ4n) is 3.09. The predicted octanol–water partition coefficient (Wildman–Crippen LogP) is 1.79. The summed E-state index contributed by atoms with van der Waals surface area (Å²) in [6.45, 7) is 6.90. The molecule has 29 heavy (non-hydrogen) atoms. The fourth-order valence-corrected chi connectivity index (χ4v) is 3.09. The molecule has 0 aromatic heterocycles. The van der Waals surface area contributed by atoms with Gasteiger partial charge in [-0.2, -0.15) is 0 Å². The van der Waals surface area contributed by atoms with Gasteiger partial charge in [0.2, 0.25) is 11.8 Å². The van der Waals surface area contributed by atoms with E-state index in [4.69, 9.17) is 0 Å². The lowest BCUT2D eigenvalue weighted by Gasteiger charge is -2.32. The number of rotatable bonds is 7. The van der Waals surface area contributed by atoms with Crippen LogP contribution >= 0.6 is 0 Å². The number of anilines is 2. The normalized spacial score (nSPS) is 16.3. The summed E-state index contributed by atoms with van der Waals surface area (Å²) in [7, 11) is 0. The third kappa shape index (κ3) is 5.24. The van der Waals surface area contributed by atoms with Gasteiger partial charge < -0.3 is 21.1 Å². The number of para-hydroxylation sites is 2. The first kappa shape index (κ1) is 22.2. The fraction of sp³-hybridized carbons (Fsp3) is 0.500. The Hall–Kier alpha value is -3.10. The van der Waals surface area contributed by atoms with Crippen molar-refractivity contribution in [3.8, 4) is 0 Å². The summed E-state index contributed by atoms with van der Waals surface area (Å²) in [5.74, 6) is -2.59. The molecule has 3 atom stereocenters. The SMILES string of the molecule is CCC(C)C(NC(=O)C(NC(=O)N1CC(=O)Nc2ccccc21)C(C)C)C(=O)O. The van der Waals surface area contributed by atoms with Crippen LogP contribution < -0.4 is 20.9 Å². The molecular formula is C20H28N4O5. The predicted molar refractivity (Wildman–Crippen MR) is 109 cm³/mol. The van der Waals surface area contributed by atoms with Gasteiger partial charge in [0.05, 0.1) is 11.4 Å². The Kier molecular flexibility index (Phi) is 7.19. The van der Waals surface area contributed by atoms with Crippen molar-refractivity contribution < 1.29 is 24.3 Å². The van der Waals surface area contributed by atoms with Crippen molar-refractivity contribution in [2.24, 2.45) is 11.8 Å².